The molecule has 9 fully saturated rings. The minimum Gasteiger partial charge on any atom is -0.394 e. The Balaban J connectivity index is 0.794. The predicted octanol–water partition coefficient (Wildman–Crippen LogP) is -7.58. The molecule has 0 radical (unpaired) electrons. The molecule has 580 valence electrons. The van der Waals surface area contributed by atoms with Crippen molar-refractivity contribution in [2.24, 2.45) is 45.3 Å². The standard InChI is InChI=1S/C66H112O34/c1-24(9-13-37(63(4,5)88)99-61-55(100-60-54(87)46(79)40(73)30(20-69)94-60)49(82)43(76)33(97-61)23-90-57-51(84)45(78)39(72)29(19-68)93-57)25-15-16-64(6)34-12-10-26-27(66(34,8)35(70)17-65(25,64)7)11-14-36(62(26,2)3)98-59-53(86)48(81)42(75)32(96-59)22-91-58-52(85)47(80)41(74)31(95-58)21-89-56-50(83)44(77)38(71)28(18-67)92-56/h10,24-25,27-61,67-88H,9,11-23H2,1-8H3. The SMILES string of the molecule is CC(CCC(OC1OC(COC2OC(CO)C(O)C(O)C2O)C(O)C(O)C1OC1OC(CO)C(O)C(O)C1O)C(C)(C)O)C1CCC2(C)C3CC=C4C(CCC(OC5OC(COC6OC(COC7OC(CO)C(O)C(O)C7O)C(O)C(O)C6O)C(O)C(O)C5O)C4(C)C)C3(C)C(O)CC12C. The van der Waals surface area contributed by atoms with E-state index in [0.29, 0.717) is 32.1 Å². The number of hydrogen-bond acceptors (Lipinski definition) is 34. The molecule has 0 aromatic rings. The zero-order chi connectivity index (χ0) is 73.5. The maximum absolute atomic E-state index is 12.9. The summed E-state index contributed by atoms with van der Waals surface area (Å²) in [7, 11) is 0. The maximum atomic E-state index is 12.9. The lowest BCUT2D eigenvalue weighted by Gasteiger charge is -2.67. The molecule has 3 saturated carbocycles. The summed E-state index contributed by atoms with van der Waals surface area (Å²) in [6, 6.07) is 0. The highest BCUT2D eigenvalue weighted by Gasteiger charge is 2.71. The van der Waals surface area contributed by atoms with E-state index in [2.05, 4.69) is 33.8 Å². The second kappa shape index (κ2) is 31.5. The monoisotopic (exact) mass is 1450 g/mol. The van der Waals surface area contributed by atoms with Crippen molar-refractivity contribution in [2.75, 3.05) is 39.6 Å². The van der Waals surface area contributed by atoms with Gasteiger partial charge >= 0.3 is 0 Å². The van der Waals surface area contributed by atoms with Gasteiger partial charge in [-0.25, -0.2) is 0 Å². The maximum Gasteiger partial charge on any atom is 0.187 e. The third kappa shape index (κ3) is 14.9. The zero-order valence-corrected chi connectivity index (χ0v) is 57.6. The highest BCUT2D eigenvalue weighted by molar-refractivity contribution is 5.32. The van der Waals surface area contributed by atoms with Crippen molar-refractivity contribution in [3.05, 3.63) is 11.6 Å². The third-order valence-corrected chi connectivity index (χ3v) is 25.0. The van der Waals surface area contributed by atoms with Crippen LogP contribution in [0.15, 0.2) is 11.6 Å². The molecule has 34 heteroatoms. The van der Waals surface area contributed by atoms with Gasteiger partial charge in [-0.05, 0) is 99.7 Å². The fraction of sp³-hybridized carbons (Fsp3) is 0.970. The Morgan fingerprint density at radius 2 is 0.850 bits per heavy atom. The Hall–Kier alpha value is -1.62. The number of aliphatic hydroxyl groups excluding tert-OH is 21. The van der Waals surface area contributed by atoms with Gasteiger partial charge in [0.2, 0.25) is 0 Å². The molecule has 0 bridgehead atoms. The van der Waals surface area contributed by atoms with Crippen LogP contribution in [0.1, 0.15) is 107 Å². The van der Waals surface area contributed by atoms with Gasteiger partial charge in [0.1, 0.15) is 146 Å². The van der Waals surface area contributed by atoms with E-state index < -0.39 is 264 Å². The molecule has 40 atom stereocenters. The molecule has 0 spiro atoms. The molecular formula is C66H112O34. The summed E-state index contributed by atoms with van der Waals surface area (Å²) in [5.41, 5.74) is -2.73. The van der Waals surface area contributed by atoms with E-state index in [1.807, 2.05) is 13.8 Å². The molecule has 6 heterocycles. The van der Waals surface area contributed by atoms with Crippen LogP contribution < -0.4 is 0 Å². The van der Waals surface area contributed by atoms with E-state index in [1.165, 1.54) is 13.8 Å². The summed E-state index contributed by atoms with van der Waals surface area (Å²) in [6.45, 7) is 11.6. The minimum atomic E-state index is -1.97. The van der Waals surface area contributed by atoms with Crippen molar-refractivity contribution in [1.82, 2.24) is 0 Å². The molecule has 0 amide bonds. The van der Waals surface area contributed by atoms with Crippen molar-refractivity contribution >= 4 is 0 Å². The molecule has 0 aromatic carbocycles. The fourth-order valence-electron chi connectivity index (χ4n) is 18.4. The molecule has 22 N–H and O–H groups in total. The first kappa shape index (κ1) is 80.9. The Morgan fingerprint density at radius 3 is 1.30 bits per heavy atom. The van der Waals surface area contributed by atoms with Crippen LogP contribution >= 0.6 is 0 Å². The highest BCUT2D eigenvalue weighted by atomic mass is 16.8. The van der Waals surface area contributed by atoms with Crippen LogP contribution in [0.25, 0.3) is 0 Å². The lowest BCUT2D eigenvalue weighted by molar-refractivity contribution is -0.380. The van der Waals surface area contributed by atoms with Crippen LogP contribution in [-0.2, 0) is 56.8 Å². The molecule has 6 saturated heterocycles. The molecule has 40 unspecified atom stereocenters. The smallest absolute Gasteiger partial charge is 0.187 e. The summed E-state index contributed by atoms with van der Waals surface area (Å²) < 4.78 is 70.8. The Bertz CT molecular complexity index is 2670. The summed E-state index contributed by atoms with van der Waals surface area (Å²) >= 11 is 0. The number of fused-ring (bicyclic) bond motifs is 5. The lowest BCUT2D eigenvalue weighted by Crippen LogP contribution is -2.65. The third-order valence-electron chi connectivity index (χ3n) is 25.0. The highest BCUT2D eigenvalue weighted by Crippen LogP contribution is 2.75. The van der Waals surface area contributed by atoms with E-state index in [0.717, 1.165) is 18.4 Å². The Kier molecular flexibility index (Phi) is 25.5. The first-order valence-corrected chi connectivity index (χ1v) is 35.1. The van der Waals surface area contributed by atoms with E-state index in [4.69, 9.17) is 56.8 Å². The molecule has 10 rings (SSSR count). The second-order valence-electron chi connectivity index (χ2n) is 31.6. The van der Waals surface area contributed by atoms with Gasteiger partial charge < -0.3 is 169 Å². The summed E-state index contributed by atoms with van der Waals surface area (Å²) in [4.78, 5) is 0. The van der Waals surface area contributed by atoms with Crippen molar-refractivity contribution in [1.29, 1.82) is 0 Å². The number of rotatable bonds is 23. The van der Waals surface area contributed by atoms with E-state index in [9.17, 15) is 112 Å². The Labute approximate surface area is 579 Å². The van der Waals surface area contributed by atoms with Crippen LogP contribution in [0.3, 0.4) is 0 Å². The van der Waals surface area contributed by atoms with Gasteiger partial charge in [0, 0.05) is 10.8 Å². The van der Waals surface area contributed by atoms with Crippen molar-refractivity contribution < 1.29 is 169 Å². The quantitative estimate of drug-likeness (QED) is 0.0423. The van der Waals surface area contributed by atoms with Gasteiger partial charge in [0.15, 0.2) is 37.7 Å². The number of allylic oxidation sites excluding steroid dienone is 1. The second-order valence-corrected chi connectivity index (χ2v) is 31.6. The van der Waals surface area contributed by atoms with Gasteiger partial charge in [0.25, 0.3) is 0 Å². The van der Waals surface area contributed by atoms with Crippen LogP contribution in [0, 0.1) is 45.3 Å². The molecule has 4 aliphatic carbocycles. The normalized spacial score (nSPS) is 52.1. The average Bonchev–Trinajstić information content (AvgIpc) is 1.02. The first-order valence-electron chi connectivity index (χ1n) is 35.1. The van der Waals surface area contributed by atoms with E-state index in [-0.39, 0.29) is 35.5 Å². The van der Waals surface area contributed by atoms with Crippen LogP contribution in [0.4, 0.5) is 0 Å². The van der Waals surface area contributed by atoms with Crippen molar-refractivity contribution in [2.45, 2.75) is 315 Å². The minimum absolute atomic E-state index is 0.00824. The Morgan fingerprint density at radius 1 is 0.460 bits per heavy atom. The number of aliphatic hydroxyl groups is 22. The number of hydrogen-bond donors (Lipinski definition) is 22. The van der Waals surface area contributed by atoms with Gasteiger partial charge in [-0.3, -0.25) is 0 Å². The van der Waals surface area contributed by atoms with Gasteiger partial charge in [-0.2, -0.15) is 0 Å². The molecule has 0 aromatic heterocycles. The predicted molar refractivity (Wildman–Crippen MR) is 333 cm³/mol. The summed E-state index contributed by atoms with van der Waals surface area (Å²) in [6.07, 6.45) is -47.6. The number of ether oxygens (including phenoxy) is 12. The molecule has 100 heavy (non-hydrogen) atoms. The van der Waals surface area contributed by atoms with Crippen molar-refractivity contribution in [3.63, 3.8) is 0 Å². The van der Waals surface area contributed by atoms with Crippen LogP contribution in [0.2, 0.25) is 0 Å². The largest absolute Gasteiger partial charge is 0.394 e. The fourth-order valence-corrected chi connectivity index (χ4v) is 18.4. The molecule has 10 aliphatic rings. The van der Waals surface area contributed by atoms with E-state index >= 15 is 0 Å². The van der Waals surface area contributed by atoms with Crippen molar-refractivity contribution in [3.8, 4) is 0 Å². The topological polar surface area (TPSA) is 556 Å². The van der Waals surface area contributed by atoms with Crippen LogP contribution in [0.5, 0.6) is 0 Å². The summed E-state index contributed by atoms with van der Waals surface area (Å²) in [5.74, 6) is -0.162. The average molecular weight is 1450 g/mol. The van der Waals surface area contributed by atoms with Gasteiger partial charge in [-0.15, -0.1) is 0 Å². The van der Waals surface area contributed by atoms with Gasteiger partial charge in [-0.1, -0.05) is 53.2 Å². The van der Waals surface area contributed by atoms with Gasteiger partial charge in [0.05, 0.1) is 63.6 Å². The van der Waals surface area contributed by atoms with E-state index in [1.54, 1.807) is 0 Å². The van der Waals surface area contributed by atoms with Crippen LogP contribution in [-0.4, -0.2) is 360 Å². The zero-order valence-electron chi connectivity index (χ0n) is 57.6. The lowest BCUT2D eigenvalue weighted by atomic mass is 9.38. The molecule has 34 nitrogen and oxygen atoms in total. The first-order chi connectivity index (χ1) is 46.8. The summed E-state index contributed by atoms with van der Waals surface area (Å²) in [5, 5.41) is 238. The molecular weight excluding hydrogens is 1340 g/mol. The molecule has 6 aliphatic heterocycles.